The summed E-state index contributed by atoms with van der Waals surface area (Å²) in [7, 11) is 0. The summed E-state index contributed by atoms with van der Waals surface area (Å²) in [5.74, 6) is 5.60. The molecule has 0 saturated heterocycles. The van der Waals surface area contributed by atoms with Crippen LogP contribution >= 0.6 is 0 Å². The van der Waals surface area contributed by atoms with E-state index in [4.69, 9.17) is 10.5 Å². The number of nitrogens with zero attached hydrogens (tertiary/aromatic N) is 3. The number of carbonyl (C=O) groups excluding carboxylic acids is 1. The third-order valence-electron chi connectivity index (χ3n) is 3.72. The van der Waals surface area contributed by atoms with Gasteiger partial charge in [0.2, 0.25) is 12.3 Å². The summed E-state index contributed by atoms with van der Waals surface area (Å²) in [4.78, 5) is 22.3. The highest BCUT2D eigenvalue weighted by Gasteiger charge is 1.99. The number of anilines is 3. The fourth-order valence-corrected chi connectivity index (χ4v) is 2.27. The number of benzene rings is 1. The van der Waals surface area contributed by atoms with Crippen molar-refractivity contribution in [3.8, 4) is 17.7 Å². The zero-order chi connectivity index (χ0) is 22.3. The topological polar surface area (TPSA) is 115 Å². The highest BCUT2D eigenvalue weighted by Crippen LogP contribution is 2.16. The predicted octanol–water partition coefficient (Wildman–Crippen LogP) is 2.98. The van der Waals surface area contributed by atoms with Crippen molar-refractivity contribution in [3.63, 3.8) is 0 Å². The number of aryl methyl sites for hydroxylation is 1. The van der Waals surface area contributed by atoms with Crippen LogP contribution in [0.1, 0.15) is 11.3 Å². The third-order valence-corrected chi connectivity index (χ3v) is 3.72. The molecule has 160 valence electrons. The summed E-state index contributed by atoms with van der Waals surface area (Å²) < 4.78 is 16.6. The summed E-state index contributed by atoms with van der Waals surface area (Å²) in [6.45, 7) is 1.94. The van der Waals surface area contributed by atoms with E-state index in [2.05, 4.69) is 37.4 Å². The Kier molecular flexibility index (Phi) is 9.77. The molecule has 0 atom stereocenters. The Morgan fingerprint density at radius 3 is 2.74 bits per heavy atom. The molecular weight excluding hydrogens is 399 g/mol. The first-order chi connectivity index (χ1) is 15.1. The van der Waals surface area contributed by atoms with Crippen molar-refractivity contribution >= 4 is 23.6 Å². The number of alkyl halides is 1. The van der Waals surface area contributed by atoms with Crippen molar-refractivity contribution in [1.82, 2.24) is 15.0 Å². The summed E-state index contributed by atoms with van der Waals surface area (Å²) in [5, 5.41) is 5.81. The van der Waals surface area contributed by atoms with Crippen LogP contribution in [0.3, 0.4) is 0 Å². The van der Waals surface area contributed by atoms with Crippen LogP contribution in [0.25, 0.3) is 0 Å². The van der Waals surface area contributed by atoms with E-state index < -0.39 is 6.67 Å². The third kappa shape index (κ3) is 8.79. The van der Waals surface area contributed by atoms with Gasteiger partial charge in [0.1, 0.15) is 12.5 Å². The van der Waals surface area contributed by atoms with Crippen LogP contribution in [-0.2, 0) is 11.3 Å². The Morgan fingerprint density at radius 1 is 1.16 bits per heavy atom. The van der Waals surface area contributed by atoms with E-state index in [1.807, 2.05) is 43.3 Å². The van der Waals surface area contributed by atoms with Crippen LogP contribution in [0.15, 0.2) is 55.0 Å². The van der Waals surface area contributed by atoms with Gasteiger partial charge in [0.15, 0.2) is 6.61 Å². The van der Waals surface area contributed by atoms with Gasteiger partial charge in [-0.25, -0.2) is 14.4 Å². The molecule has 3 rings (SSSR count). The van der Waals surface area contributed by atoms with Crippen LogP contribution < -0.4 is 21.1 Å². The molecule has 0 radical (unpaired) electrons. The minimum atomic E-state index is -0.650. The Hall–Kier alpha value is -4.19. The number of pyridine rings is 1. The Bertz CT molecular complexity index is 1020. The smallest absolute Gasteiger partial charge is 0.233 e. The fraction of sp³-hybridized carbons (Fsp3) is 0.182. The van der Waals surface area contributed by atoms with Gasteiger partial charge in [-0.2, -0.15) is 0 Å². The van der Waals surface area contributed by atoms with Crippen molar-refractivity contribution in [3.05, 3.63) is 66.2 Å². The van der Waals surface area contributed by atoms with Crippen LogP contribution in [0, 0.1) is 18.8 Å². The zero-order valence-corrected chi connectivity index (χ0v) is 17.0. The molecule has 2 heterocycles. The molecule has 0 aliphatic heterocycles. The first kappa shape index (κ1) is 23.1. The Labute approximate surface area is 180 Å². The number of rotatable bonds is 7. The number of amides is 1. The minimum absolute atomic E-state index is 0.141. The number of halogens is 1. The first-order valence-corrected chi connectivity index (χ1v) is 9.29. The lowest BCUT2D eigenvalue weighted by atomic mass is 10.2. The number of nitrogens with two attached hydrogens (primary N) is 1. The molecule has 0 unspecified atom stereocenters. The number of hydrogen-bond donors (Lipinski definition) is 3. The molecule has 1 aromatic carbocycles. The Morgan fingerprint density at radius 2 is 2.03 bits per heavy atom. The van der Waals surface area contributed by atoms with Crippen molar-refractivity contribution in [2.24, 2.45) is 0 Å². The predicted molar refractivity (Wildman–Crippen MR) is 118 cm³/mol. The van der Waals surface area contributed by atoms with E-state index in [0.29, 0.717) is 24.7 Å². The molecule has 1 amide bonds. The van der Waals surface area contributed by atoms with Gasteiger partial charge in [-0.3, -0.25) is 9.78 Å². The van der Waals surface area contributed by atoms with Crippen molar-refractivity contribution < 1.29 is 13.9 Å². The number of carbonyl (C=O) groups is 1. The van der Waals surface area contributed by atoms with Crippen molar-refractivity contribution in [2.45, 2.75) is 13.5 Å². The van der Waals surface area contributed by atoms with Gasteiger partial charge in [0, 0.05) is 18.4 Å². The molecular formula is C22H23FN6O2. The first-order valence-electron chi connectivity index (χ1n) is 9.29. The molecule has 4 N–H and O–H groups in total. The van der Waals surface area contributed by atoms with Crippen LogP contribution in [0.5, 0.6) is 5.88 Å². The van der Waals surface area contributed by atoms with Gasteiger partial charge >= 0.3 is 0 Å². The normalized spacial score (nSPS) is 9.35. The molecule has 0 spiro atoms. The second-order valence-electron chi connectivity index (χ2n) is 6.02. The number of nitrogens with one attached hydrogen (secondary N) is 2. The van der Waals surface area contributed by atoms with Crippen LogP contribution in [0.2, 0.25) is 0 Å². The number of aromatic nitrogens is 3. The number of nitrogen functional groups attached to an aromatic ring is 1. The van der Waals surface area contributed by atoms with Gasteiger partial charge in [-0.05, 0) is 36.8 Å². The maximum atomic E-state index is 11.5. The van der Waals surface area contributed by atoms with E-state index in [1.54, 1.807) is 12.4 Å². The summed E-state index contributed by atoms with van der Waals surface area (Å²) in [5.41, 5.74) is 9.16. The average Bonchev–Trinajstić information content (AvgIpc) is 2.78. The lowest BCUT2D eigenvalue weighted by Gasteiger charge is -2.09. The SMILES string of the molecule is Cc1cnc(OCC#CCF)cn1.Nc1ncccc1NCc1cccc(NC=O)c1. The second kappa shape index (κ2) is 13.1. The highest BCUT2D eigenvalue weighted by atomic mass is 19.1. The Balaban J connectivity index is 0.000000233. The standard InChI is InChI=1S/C13H14N4O.C9H9FN2O/c14-13-12(5-2-6-15-13)16-8-10-3-1-4-11(7-10)17-9-18;1-8-6-12-9(7-11-8)13-5-3-2-4-10/h1-7,9,16H,8H2,(H2,14,15)(H,17,18);6-7H,4-5H2,1H3. The fourth-order valence-electron chi connectivity index (χ4n) is 2.27. The van der Waals surface area contributed by atoms with E-state index in [9.17, 15) is 9.18 Å². The second-order valence-corrected chi connectivity index (χ2v) is 6.02. The van der Waals surface area contributed by atoms with Gasteiger partial charge in [-0.1, -0.05) is 24.0 Å². The zero-order valence-electron chi connectivity index (χ0n) is 17.0. The molecule has 0 bridgehead atoms. The molecule has 0 fully saturated rings. The average molecular weight is 422 g/mol. The molecule has 9 heteroatoms. The summed E-state index contributed by atoms with van der Waals surface area (Å²) in [6.07, 6.45) is 5.41. The molecule has 31 heavy (non-hydrogen) atoms. The molecule has 8 nitrogen and oxygen atoms in total. The lowest BCUT2D eigenvalue weighted by Crippen LogP contribution is -2.04. The molecule has 2 aromatic heterocycles. The maximum Gasteiger partial charge on any atom is 0.233 e. The van der Waals surface area contributed by atoms with E-state index >= 15 is 0 Å². The van der Waals surface area contributed by atoms with Crippen molar-refractivity contribution in [2.75, 3.05) is 29.6 Å². The van der Waals surface area contributed by atoms with Crippen LogP contribution in [-0.4, -0.2) is 34.6 Å². The van der Waals surface area contributed by atoms with Gasteiger partial charge in [-0.15, -0.1) is 0 Å². The minimum Gasteiger partial charge on any atom is -0.463 e. The van der Waals surface area contributed by atoms with Gasteiger partial charge < -0.3 is 21.1 Å². The van der Waals surface area contributed by atoms with Gasteiger partial charge in [0.05, 0.1) is 23.8 Å². The largest absolute Gasteiger partial charge is 0.463 e. The lowest BCUT2D eigenvalue weighted by molar-refractivity contribution is -0.105. The van der Waals surface area contributed by atoms with E-state index in [0.717, 1.165) is 22.6 Å². The molecule has 3 aromatic rings. The van der Waals surface area contributed by atoms with Crippen molar-refractivity contribution in [1.29, 1.82) is 0 Å². The van der Waals surface area contributed by atoms with Gasteiger partial charge in [0.25, 0.3) is 0 Å². The summed E-state index contributed by atoms with van der Waals surface area (Å²) >= 11 is 0. The quantitative estimate of drug-likeness (QED) is 0.396. The van der Waals surface area contributed by atoms with E-state index in [-0.39, 0.29) is 6.61 Å². The molecule has 0 aliphatic rings. The monoisotopic (exact) mass is 422 g/mol. The van der Waals surface area contributed by atoms with Crippen LogP contribution in [0.4, 0.5) is 21.6 Å². The molecule has 0 aliphatic carbocycles. The van der Waals surface area contributed by atoms with E-state index in [1.165, 1.54) is 6.20 Å². The number of ether oxygens (including phenoxy) is 1. The highest BCUT2D eigenvalue weighted by molar-refractivity contribution is 5.71. The number of hydrogen-bond acceptors (Lipinski definition) is 7. The summed E-state index contributed by atoms with van der Waals surface area (Å²) in [6, 6.07) is 11.3. The molecule has 0 saturated carbocycles. The maximum absolute atomic E-state index is 11.5.